The van der Waals surface area contributed by atoms with Gasteiger partial charge in [0.1, 0.15) is 0 Å². The molecule has 0 amide bonds. The van der Waals surface area contributed by atoms with Crippen LogP contribution in [0.5, 0.6) is 0 Å². The highest BCUT2D eigenvalue weighted by atomic mass is 79.9. The molecule has 0 unspecified atom stereocenters. The van der Waals surface area contributed by atoms with Crippen LogP contribution in [0.4, 0.5) is 0 Å². The summed E-state index contributed by atoms with van der Waals surface area (Å²) < 4.78 is 0. The SMILES string of the molecule is BrBBr.CCSCC. The van der Waals surface area contributed by atoms with Gasteiger partial charge in [0.05, 0.1) is 0 Å². The summed E-state index contributed by atoms with van der Waals surface area (Å²) in [7, 11) is 0. The van der Waals surface area contributed by atoms with Crippen molar-refractivity contribution < 1.29 is 0 Å². The summed E-state index contributed by atoms with van der Waals surface area (Å²) in [6.45, 7) is 4.35. The van der Waals surface area contributed by atoms with E-state index in [-0.39, 0.29) is 0 Å². The number of thioether (sulfide) groups is 1. The van der Waals surface area contributed by atoms with E-state index in [9.17, 15) is 0 Å². The maximum atomic E-state index is 3.06. The summed E-state index contributed by atoms with van der Waals surface area (Å²) in [5.41, 5.74) is 0. The van der Waals surface area contributed by atoms with E-state index >= 15 is 0 Å². The van der Waals surface area contributed by atoms with E-state index in [0.717, 1.165) is 4.93 Å². The van der Waals surface area contributed by atoms with Crippen LogP contribution in [0.25, 0.3) is 0 Å². The molecule has 0 bridgehead atoms. The number of halogens is 2. The minimum Gasteiger partial charge on any atom is -0.163 e. The smallest absolute Gasteiger partial charge is 0.163 e. The molecule has 8 heavy (non-hydrogen) atoms. The zero-order valence-corrected chi connectivity index (χ0v) is 9.27. The van der Waals surface area contributed by atoms with Gasteiger partial charge in [-0.15, -0.1) is 31.5 Å². The zero-order valence-electron chi connectivity index (χ0n) is 5.29. The Balaban J connectivity index is 0. The highest BCUT2D eigenvalue weighted by molar-refractivity contribution is 9.47. The molecule has 0 N–H and O–H groups in total. The molecule has 0 aliphatic rings. The molecular weight excluding hydrogens is 251 g/mol. The average molecular weight is 262 g/mol. The van der Waals surface area contributed by atoms with Gasteiger partial charge in [-0.05, 0) is 11.5 Å². The van der Waals surface area contributed by atoms with Gasteiger partial charge in [0.2, 0.25) is 0 Å². The predicted molar refractivity (Wildman–Crippen MR) is 53.7 cm³/mol. The summed E-state index contributed by atoms with van der Waals surface area (Å²) in [5, 5.41) is 0. The molecule has 0 aromatic carbocycles. The fourth-order valence-corrected chi connectivity index (χ4v) is 0.612. The van der Waals surface area contributed by atoms with Gasteiger partial charge in [-0.3, -0.25) is 0 Å². The lowest BCUT2D eigenvalue weighted by atomic mass is 10.8. The Kier molecular flexibility index (Phi) is 23.8. The van der Waals surface area contributed by atoms with Gasteiger partial charge in [0, 0.05) is 0 Å². The van der Waals surface area contributed by atoms with E-state index in [1.54, 1.807) is 0 Å². The van der Waals surface area contributed by atoms with Crippen molar-refractivity contribution in [2.45, 2.75) is 13.8 Å². The maximum absolute atomic E-state index is 3.06. The van der Waals surface area contributed by atoms with Gasteiger partial charge < -0.3 is 0 Å². The number of hydrogen-bond donors (Lipinski definition) is 0. The lowest BCUT2D eigenvalue weighted by Crippen LogP contribution is -1.64. The van der Waals surface area contributed by atoms with Crippen molar-refractivity contribution in [2.75, 3.05) is 11.5 Å². The number of rotatable bonds is 2. The van der Waals surface area contributed by atoms with E-state index < -0.39 is 0 Å². The topological polar surface area (TPSA) is 0 Å². The van der Waals surface area contributed by atoms with Gasteiger partial charge in [0.25, 0.3) is 4.93 Å². The second kappa shape index (κ2) is 15.8. The average Bonchev–Trinajstić information content (AvgIpc) is 1.71. The Hall–Kier alpha value is 1.37. The molecule has 0 rings (SSSR count). The van der Waals surface area contributed by atoms with Crippen molar-refractivity contribution >= 4 is 48.2 Å². The monoisotopic (exact) mass is 260 g/mol. The molecule has 0 heterocycles. The van der Waals surface area contributed by atoms with Crippen LogP contribution in [-0.4, -0.2) is 16.4 Å². The molecule has 50 valence electrons. The highest BCUT2D eigenvalue weighted by Gasteiger charge is 1.67. The third-order valence-corrected chi connectivity index (χ3v) is 1.22. The third-order valence-electron chi connectivity index (χ3n) is 0.408. The maximum Gasteiger partial charge on any atom is 0.282 e. The lowest BCUT2D eigenvalue weighted by Gasteiger charge is -1.80. The van der Waals surface area contributed by atoms with Crippen molar-refractivity contribution in [1.29, 1.82) is 0 Å². The van der Waals surface area contributed by atoms with Gasteiger partial charge in [-0.1, -0.05) is 13.8 Å². The minimum atomic E-state index is 0.875. The molecule has 0 aliphatic carbocycles. The lowest BCUT2D eigenvalue weighted by molar-refractivity contribution is 1.46. The van der Waals surface area contributed by atoms with E-state index in [4.69, 9.17) is 0 Å². The van der Waals surface area contributed by atoms with E-state index in [2.05, 4.69) is 45.4 Å². The van der Waals surface area contributed by atoms with Crippen molar-refractivity contribution in [3.05, 3.63) is 0 Å². The summed E-state index contributed by atoms with van der Waals surface area (Å²) in [5.74, 6) is 2.52. The van der Waals surface area contributed by atoms with Crippen molar-refractivity contribution in [2.24, 2.45) is 0 Å². The quantitative estimate of drug-likeness (QED) is 0.689. The van der Waals surface area contributed by atoms with Crippen molar-refractivity contribution in [3.63, 3.8) is 0 Å². The molecular formula is C4H11BBr2S. The van der Waals surface area contributed by atoms with Crippen LogP contribution in [0.15, 0.2) is 0 Å². The predicted octanol–water partition coefficient (Wildman–Crippen LogP) is 2.80. The Bertz CT molecular complexity index is 28.0. The molecule has 0 aromatic rings. The van der Waals surface area contributed by atoms with Gasteiger partial charge in [-0.2, -0.15) is 11.8 Å². The van der Waals surface area contributed by atoms with Crippen LogP contribution in [0.2, 0.25) is 0 Å². The van der Waals surface area contributed by atoms with Crippen LogP contribution in [0.3, 0.4) is 0 Å². The van der Waals surface area contributed by atoms with Crippen LogP contribution in [-0.2, 0) is 0 Å². The first-order valence-electron chi connectivity index (χ1n) is 2.53. The Morgan fingerprint density at radius 2 is 1.50 bits per heavy atom. The highest BCUT2D eigenvalue weighted by Crippen LogP contribution is 1.93. The van der Waals surface area contributed by atoms with Crippen LogP contribution >= 0.6 is 43.3 Å². The van der Waals surface area contributed by atoms with Gasteiger partial charge >= 0.3 is 0 Å². The van der Waals surface area contributed by atoms with Gasteiger partial charge in [0.15, 0.2) is 0 Å². The van der Waals surface area contributed by atoms with E-state index in [1.807, 2.05) is 11.8 Å². The first kappa shape index (κ1) is 12.1. The number of hydrogen-bond acceptors (Lipinski definition) is 1. The second-order valence-electron chi connectivity index (χ2n) is 0.882. The molecule has 4 heteroatoms. The summed E-state index contributed by atoms with van der Waals surface area (Å²) in [4.78, 5) is 0.875. The van der Waals surface area contributed by atoms with Crippen LogP contribution in [0.1, 0.15) is 13.8 Å². The largest absolute Gasteiger partial charge is 0.282 e. The second-order valence-corrected chi connectivity index (χ2v) is 5.07. The molecule has 0 saturated heterocycles. The molecule has 0 aliphatic heterocycles. The summed E-state index contributed by atoms with van der Waals surface area (Å²) in [6, 6.07) is 0. The van der Waals surface area contributed by atoms with Crippen LogP contribution < -0.4 is 0 Å². The first-order chi connectivity index (χ1) is 3.83. The summed E-state index contributed by atoms with van der Waals surface area (Å²) >= 11 is 8.09. The zero-order chi connectivity index (χ0) is 6.83. The van der Waals surface area contributed by atoms with Crippen molar-refractivity contribution in [1.82, 2.24) is 0 Å². The van der Waals surface area contributed by atoms with Crippen molar-refractivity contribution in [3.8, 4) is 0 Å². The third kappa shape index (κ3) is 26.3. The molecule has 0 saturated carbocycles. The Labute approximate surface area is 73.4 Å². The Morgan fingerprint density at radius 3 is 1.50 bits per heavy atom. The van der Waals surface area contributed by atoms with Crippen LogP contribution in [0, 0.1) is 0 Å². The minimum absolute atomic E-state index is 0.875. The molecule has 0 fully saturated rings. The van der Waals surface area contributed by atoms with Gasteiger partial charge in [-0.25, -0.2) is 0 Å². The Morgan fingerprint density at radius 1 is 1.25 bits per heavy atom. The fraction of sp³-hybridized carbons (Fsp3) is 1.00. The molecule has 0 spiro atoms. The molecule has 0 atom stereocenters. The van der Waals surface area contributed by atoms with E-state index in [1.165, 1.54) is 11.5 Å². The standard InChI is InChI=1S/C4H10S.BBr2H/c1-3-5-4-2;2-1-3/h3-4H2,1-2H3;1H. The first-order valence-corrected chi connectivity index (χ1v) is 5.92. The molecule has 0 radical (unpaired) electrons. The fourth-order valence-electron chi connectivity index (χ4n) is 0.204. The molecule has 0 nitrogen and oxygen atoms in total. The van der Waals surface area contributed by atoms with E-state index in [0.29, 0.717) is 0 Å². The summed E-state index contributed by atoms with van der Waals surface area (Å²) in [6.07, 6.45) is 0. The normalized spacial score (nSPS) is 7.00. The molecule has 0 aromatic heterocycles.